The summed E-state index contributed by atoms with van der Waals surface area (Å²) in [5.74, 6) is 0.665. The quantitative estimate of drug-likeness (QED) is 0.0990. The lowest BCUT2D eigenvalue weighted by molar-refractivity contribution is -0.605. The number of aromatic nitrogens is 2. The topological polar surface area (TPSA) is 117 Å². The lowest BCUT2D eigenvalue weighted by atomic mass is 9.86. The highest BCUT2D eigenvalue weighted by molar-refractivity contribution is 6.35. The third kappa shape index (κ3) is 8.01. The Morgan fingerprint density at radius 3 is 2.43 bits per heavy atom. The molecule has 256 valence electrons. The second-order valence-corrected chi connectivity index (χ2v) is 12.9. The lowest BCUT2D eigenvalue weighted by Gasteiger charge is -2.44. The summed E-state index contributed by atoms with van der Waals surface area (Å²) in [5, 5.41) is 12.2. The van der Waals surface area contributed by atoms with Gasteiger partial charge in [-0.05, 0) is 79.4 Å². The number of fused-ring (bicyclic) bond motifs is 3. The van der Waals surface area contributed by atoms with Crippen LogP contribution in [0.3, 0.4) is 0 Å². The predicted molar refractivity (Wildman–Crippen MR) is 183 cm³/mol. The monoisotopic (exact) mass is 706 g/mol. The maximum atomic E-state index is 13.8. The number of amides is 1. The largest absolute Gasteiger partial charge is 0.619 e. The predicted octanol–water partition coefficient (Wildman–Crippen LogP) is 6.42. The van der Waals surface area contributed by atoms with E-state index in [1.54, 1.807) is 60.9 Å². The van der Waals surface area contributed by atoms with Gasteiger partial charge in [0.2, 0.25) is 0 Å². The van der Waals surface area contributed by atoms with E-state index in [0.717, 1.165) is 32.5 Å². The molecule has 0 radical (unpaired) electrons. The molecule has 3 aliphatic rings. The van der Waals surface area contributed by atoms with E-state index in [0.29, 0.717) is 44.5 Å². The normalized spacial score (nSPS) is 18.7. The minimum atomic E-state index is -0.878. The highest BCUT2D eigenvalue weighted by Gasteiger charge is 2.37. The third-order valence-electron chi connectivity index (χ3n) is 9.01. The molecule has 0 N–H and O–H groups in total. The summed E-state index contributed by atoms with van der Waals surface area (Å²) in [6.45, 7) is 2.94. The van der Waals surface area contributed by atoms with E-state index in [1.165, 1.54) is 31.5 Å². The molecule has 1 amide bonds. The molecule has 3 fully saturated rings. The number of nitrogens with zero attached hydrogens (tertiary/aromatic N) is 4. The number of pyridine rings is 2. The Labute approximate surface area is 294 Å². The number of carbonyl (C=O) groups excluding carboxylic acids is 2. The molecule has 4 aromatic rings. The average Bonchev–Trinajstić information content (AvgIpc) is 3.12. The molecule has 49 heavy (non-hydrogen) atoms. The van der Waals surface area contributed by atoms with Gasteiger partial charge in [-0.15, -0.1) is 0 Å². The van der Waals surface area contributed by atoms with Crippen LogP contribution in [0.5, 0.6) is 11.5 Å². The van der Waals surface area contributed by atoms with Crippen LogP contribution < -0.4 is 19.1 Å². The molecule has 0 unspecified atom stereocenters. The van der Waals surface area contributed by atoms with Gasteiger partial charge >= 0.3 is 12.1 Å². The van der Waals surface area contributed by atoms with Gasteiger partial charge in [-0.2, -0.15) is 4.73 Å². The maximum absolute atomic E-state index is 13.8. The van der Waals surface area contributed by atoms with Crippen molar-refractivity contribution < 1.29 is 33.3 Å². The van der Waals surface area contributed by atoms with Crippen LogP contribution in [-0.4, -0.2) is 61.9 Å². The van der Waals surface area contributed by atoms with E-state index < -0.39 is 18.2 Å². The molecule has 2 atom stereocenters. The number of hydrogen-bond donors (Lipinski definition) is 0. The fourth-order valence-corrected chi connectivity index (χ4v) is 6.98. The fraction of sp³-hybridized carbons (Fsp3) is 0.333. The van der Waals surface area contributed by atoms with Gasteiger partial charge in [0.1, 0.15) is 22.3 Å². The van der Waals surface area contributed by atoms with Crippen LogP contribution in [0.1, 0.15) is 46.0 Å². The summed E-state index contributed by atoms with van der Waals surface area (Å²) in [4.78, 5) is 35.5. The van der Waals surface area contributed by atoms with Gasteiger partial charge in [0.05, 0.1) is 38.2 Å². The number of methoxy groups -OCH3 is 2. The minimum Gasteiger partial charge on any atom is -0.619 e. The first-order chi connectivity index (χ1) is 23.7. The molecule has 13 heteroatoms. The molecule has 3 saturated heterocycles. The summed E-state index contributed by atoms with van der Waals surface area (Å²) in [6.07, 6.45) is 6.21. The number of benzene rings is 2. The van der Waals surface area contributed by atoms with Gasteiger partial charge in [-0.1, -0.05) is 41.4 Å². The van der Waals surface area contributed by atoms with E-state index in [4.69, 9.17) is 42.1 Å². The maximum Gasteiger partial charge on any atom is 0.414 e. The van der Waals surface area contributed by atoms with Crippen molar-refractivity contribution in [1.29, 1.82) is 0 Å². The molecule has 2 aromatic heterocycles. The highest BCUT2D eigenvalue weighted by atomic mass is 35.5. The number of halogens is 2. The smallest absolute Gasteiger partial charge is 0.414 e. The minimum absolute atomic E-state index is 0.0691. The van der Waals surface area contributed by atoms with Crippen molar-refractivity contribution in [2.75, 3.05) is 38.8 Å². The van der Waals surface area contributed by atoms with Crippen LogP contribution >= 0.6 is 23.2 Å². The summed E-state index contributed by atoms with van der Waals surface area (Å²) in [6, 6.07) is 15.6. The van der Waals surface area contributed by atoms with Crippen molar-refractivity contribution in [1.82, 2.24) is 9.88 Å². The van der Waals surface area contributed by atoms with Crippen LogP contribution in [0.15, 0.2) is 79.4 Å². The zero-order valence-corrected chi connectivity index (χ0v) is 28.6. The Balaban J connectivity index is 1.25. The molecule has 11 nitrogen and oxygen atoms in total. The zero-order valence-electron chi connectivity index (χ0n) is 27.1. The van der Waals surface area contributed by atoms with E-state index in [-0.39, 0.29) is 34.7 Å². The first-order valence-electron chi connectivity index (χ1n) is 15.9. The molecule has 7 rings (SSSR count). The molecule has 2 aromatic carbocycles. The molecule has 0 saturated carbocycles. The van der Waals surface area contributed by atoms with Crippen LogP contribution in [0.4, 0.5) is 10.5 Å². The molecule has 5 heterocycles. The van der Waals surface area contributed by atoms with Gasteiger partial charge in [0.15, 0.2) is 23.9 Å². The summed E-state index contributed by atoms with van der Waals surface area (Å²) < 4.78 is 23.6. The second kappa shape index (κ2) is 15.3. The Bertz CT molecular complexity index is 1780. The van der Waals surface area contributed by atoms with Gasteiger partial charge in [-0.3, -0.25) is 14.8 Å². The Kier molecular flexibility index (Phi) is 10.7. The fourth-order valence-electron chi connectivity index (χ4n) is 6.38. The number of esters is 1. The molecular weight excluding hydrogens is 671 g/mol. The van der Waals surface area contributed by atoms with Gasteiger partial charge in [0.25, 0.3) is 0 Å². The van der Waals surface area contributed by atoms with Crippen molar-refractivity contribution in [2.24, 2.45) is 5.92 Å². The number of rotatable bonds is 11. The van der Waals surface area contributed by atoms with Crippen molar-refractivity contribution in [3.63, 3.8) is 0 Å². The van der Waals surface area contributed by atoms with Crippen molar-refractivity contribution in [3.05, 3.63) is 117 Å². The first-order valence-corrected chi connectivity index (χ1v) is 16.7. The number of carbonyl (C=O) groups is 2. The van der Waals surface area contributed by atoms with Crippen LogP contribution in [0.2, 0.25) is 10.0 Å². The number of hydrogen-bond acceptors (Lipinski definition) is 9. The average molecular weight is 708 g/mol. The van der Waals surface area contributed by atoms with Crippen molar-refractivity contribution in [3.8, 4) is 11.5 Å². The number of anilines is 1. The Hall–Kier alpha value is -4.58. The molecule has 0 aliphatic carbocycles. The van der Waals surface area contributed by atoms with Crippen LogP contribution in [0.25, 0.3) is 0 Å². The molecule has 2 bridgehead atoms. The van der Waals surface area contributed by atoms with Gasteiger partial charge in [0, 0.05) is 24.7 Å². The third-order valence-corrected chi connectivity index (χ3v) is 9.66. The Morgan fingerprint density at radius 1 is 1.02 bits per heavy atom. The van der Waals surface area contributed by atoms with Crippen LogP contribution in [-0.2, 0) is 22.4 Å². The van der Waals surface area contributed by atoms with E-state index in [2.05, 4.69) is 9.88 Å². The standard InChI is InChI=1S/C36H36Cl2N4O7/c1-46-31-9-8-25(16-33(31)47-2)32(17-28-29(37)20-41(45)21-30(28)38)48-35(43)26-6-3-5-23(15-26)19-42(27-7-4-12-39-18-27)36(44)49-34-22-40-13-10-24(34)11-14-40/h3-9,12,15-16,18,20-21,24,32,34H,10-11,13-14,17,19,22H2,1-2H3/t32-,34-/m0/s1. The first kappa shape index (κ1) is 34.3. The number of ether oxygens (including phenoxy) is 4. The highest BCUT2D eigenvalue weighted by Crippen LogP contribution is 2.36. The molecule has 0 spiro atoms. The van der Waals surface area contributed by atoms with E-state index in [1.807, 2.05) is 6.07 Å². The SMILES string of the molecule is COc1ccc([C@H](Cc2c(Cl)c[n+]([O-])cc2Cl)OC(=O)c2cccc(CN(C(=O)O[C@H]3CN4CCC3CC4)c3cccnc3)c2)cc1OC. The van der Waals surface area contributed by atoms with E-state index in [9.17, 15) is 14.8 Å². The number of piperidine rings is 3. The summed E-state index contributed by atoms with van der Waals surface area (Å²) in [5.41, 5.74) is 2.55. The second-order valence-electron chi connectivity index (χ2n) is 12.1. The molecule has 3 aliphatic heterocycles. The van der Waals surface area contributed by atoms with Gasteiger partial charge < -0.3 is 24.2 Å². The van der Waals surface area contributed by atoms with Crippen molar-refractivity contribution in [2.45, 2.75) is 38.0 Å². The van der Waals surface area contributed by atoms with Crippen LogP contribution in [0, 0.1) is 11.1 Å². The van der Waals surface area contributed by atoms with E-state index >= 15 is 0 Å². The molecular formula is C36H36Cl2N4O7. The van der Waals surface area contributed by atoms with Crippen molar-refractivity contribution >= 4 is 41.0 Å². The lowest BCUT2D eigenvalue weighted by Crippen LogP contribution is -2.53. The zero-order chi connectivity index (χ0) is 34.5. The Morgan fingerprint density at radius 2 is 1.78 bits per heavy atom. The van der Waals surface area contributed by atoms with Gasteiger partial charge in [-0.25, -0.2) is 9.59 Å². The summed E-state index contributed by atoms with van der Waals surface area (Å²) >= 11 is 12.8. The summed E-state index contributed by atoms with van der Waals surface area (Å²) in [7, 11) is 3.03.